The number of nitriles is 2. The van der Waals surface area contributed by atoms with Gasteiger partial charge in [-0.15, -0.1) is 0 Å². The van der Waals surface area contributed by atoms with Crippen LogP contribution in [0, 0.1) is 22.7 Å². The lowest BCUT2D eigenvalue weighted by Gasteiger charge is -2.10. The lowest BCUT2D eigenvalue weighted by Crippen LogP contribution is -1.97. The molecule has 0 aliphatic carbocycles. The molecule has 0 saturated heterocycles. The third kappa shape index (κ3) is 3.43. The predicted octanol–water partition coefficient (Wildman–Crippen LogP) is 4.85. The fraction of sp³-hybridized carbons (Fsp3) is 0.0476. The van der Waals surface area contributed by atoms with Gasteiger partial charge in [0.15, 0.2) is 0 Å². The predicted molar refractivity (Wildman–Crippen MR) is 93.9 cm³/mol. The SMILES string of the molecule is N#CC(C#N)=Cc1ccccc1OCc1ccc2ccccc2c1. The lowest BCUT2D eigenvalue weighted by atomic mass is 10.1. The van der Waals surface area contributed by atoms with Crippen LogP contribution in [0.4, 0.5) is 0 Å². The highest BCUT2D eigenvalue weighted by atomic mass is 16.5. The van der Waals surface area contributed by atoms with Gasteiger partial charge in [-0.05, 0) is 34.5 Å². The topological polar surface area (TPSA) is 56.8 Å². The lowest BCUT2D eigenvalue weighted by molar-refractivity contribution is 0.305. The molecule has 3 aromatic rings. The van der Waals surface area contributed by atoms with Crippen LogP contribution in [-0.4, -0.2) is 0 Å². The molecule has 0 spiro atoms. The molecule has 114 valence electrons. The molecule has 0 unspecified atom stereocenters. The van der Waals surface area contributed by atoms with Crippen molar-refractivity contribution in [2.24, 2.45) is 0 Å². The van der Waals surface area contributed by atoms with Gasteiger partial charge in [-0.1, -0.05) is 54.6 Å². The van der Waals surface area contributed by atoms with Gasteiger partial charge < -0.3 is 4.74 Å². The van der Waals surface area contributed by atoms with E-state index >= 15 is 0 Å². The molecule has 0 N–H and O–H groups in total. The van der Waals surface area contributed by atoms with Crippen molar-refractivity contribution in [3.63, 3.8) is 0 Å². The molecular weight excluding hydrogens is 296 g/mol. The van der Waals surface area contributed by atoms with E-state index in [0.29, 0.717) is 12.4 Å². The standard InChI is InChI=1S/C21H14N2O/c22-13-17(14-23)12-20-7-3-4-8-21(20)24-15-16-9-10-18-5-1-2-6-19(18)11-16/h1-12H,15H2. The van der Waals surface area contributed by atoms with Crippen molar-refractivity contribution in [3.8, 4) is 17.9 Å². The summed E-state index contributed by atoms with van der Waals surface area (Å²) in [6.45, 7) is 0.421. The molecule has 0 aliphatic rings. The van der Waals surface area contributed by atoms with Crippen LogP contribution in [0.15, 0.2) is 72.3 Å². The Morgan fingerprint density at radius 2 is 1.58 bits per heavy atom. The van der Waals surface area contributed by atoms with Crippen molar-refractivity contribution in [2.45, 2.75) is 6.61 Å². The van der Waals surface area contributed by atoms with E-state index in [-0.39, 0.29) is 5.57 Å². The molecule has 0 bridgehead atoms. The van der Waals surface area contributed by atoms with Crippen LogP contribution < -0.4 is 4.74 Å². The quantitative estimate of drug-likeness (QED) is 0.647. The van der Waals surface area contributed by atoms with E-state index in [1.165, 1.54) is 16.8 Å². The minimum atomic E-state index is 0.0526. The summed E-state index contributed by atoms with van der Waals surface area (Å²) in [7, 11) is 0. The van der Waals surface area contributed by atoms with Gasteiger partial charge in [-0.25, -0.2) is 0 Å². The van der Waals surface area contributed by atoms with E-state index in [1.54, 1.807) is 0 Å². The maximum absolute atomic E-state index is 8.91. The van der Waals surface area contributed by atoms with Crippen molar-refractivity contribution in [1.29, 1.82) is 10.5 Å². The van der Waals surface area contributed by atoms with Crippen LogP contribution in [0.25, 0.3) is 16.8 Å². The smallest absolute Gasteiger partial charge is 0.130 e. The molecule has 0 amide bonds. The maximum atomic E-state index is 8.91. The van der Waals surface area contributed by atoms with E-state index < -0.39 is 0 Å². The van der Waals surface area contributed by atoms with Crippen LogP contribution in [0.3, 0.4) is 0 Å². The Balaban J connectivity index is 1.83. The summed E-state index contributed by atoms with van der Waals surface area (Å²) in [4.78, 5) is 0. The first kappa shape index (κ1) is 15.3. The first-order valence-corrected chi connectivity index (χ1v) is 7.51. The largest absolute Gasteiger partial charge is 0.488 e. The molecule has 0 saturated carbocycles. The zero-order valence-electron chi connectivity index (χ0n) is 12.9. The number of nitrogens with zero attached hydrogens (tertiary/aromatic N) is 2. The van der Waals surface area contributed by atoms with Crippen molar-refractivity contribution in [3.05, 3.63) is 83.4 Å². The van der Waals surface area contributed by atoms with E-state index in [9.17, 15) is 0 Å². The van der Waals surface area contributed by atoms with Gasteiger partial charge in [-0.3, -0.25) is 0 Å². The first-order valence-electron chi connectivity index (χ1n) is 7.51. The van der Waals surface area contributed by atoms with E-state index in [4.69, 9.17) is 15.3 Å². The molecule has 0 radical (unpaired) electrons. The summed E-state index contributed by atoms with van der Waals surface area (Å²) in [5.41, 5.74) is 1.83. The summed E-state index contributed by atoms with van der Waals surface area (Å²) in [6.07, 6.45) is 1.54. The maximum Gasteiger partial charge on any atom is 0.130 e. The molecule has 24 heavy (non-hydrogen) atoms. The third-order valence-electron chi connectivity index (χ3n) is 3.67. The molecule has 0 fully saturated rings. The number of fused-ring (bicyclic) bond motifs is 1. The van der Waals surface area contributed by atoms with E-state index in [1.807, 2.05) is 54.6 Å². The van der Waals surface area contributed by atoms with Gasteiger partial charge in [-0.2, -0.15) is 10.5 Å². The Hall–Kier alpha value is -3.56. The second-order valence-corrected chi connectivity index (χ2v) is 5.29. The van der Waals surface area contributed by atoms with Crippen molar-refractivity contribution < 1.29 is 4.74 Å². The summed E-state index contributed by atoms with van der Waals surface area (Å²) in [6, 6.07) is 25.5. The number of hydrogen-bond donors (Lipinski definition) is 0. The fourth-order valence-corrected chi connectivity index (χ4v) is 2.47. The summed E-state index contributed by atoms with van der Waals surface area (Å²) >= 11 is 0. The molecule has 0 aromatic heterocycles. The van der Waals surface area contributed by atoms with Gasteiger partial charge in [0.2, 0.25) is 0 Å². The summed E-state index contributed by atoms with van der Waals surface area (Å²) in [5.74, 6) is 0.647. The Morgan fingerprint density at radius 3 is 2.38 bits per heavy atom. The van der Waals surface area contributed by atoms with Gasteiger partial charge in [0.05, 0.1) is 0 Å². The Kier molecular flexibility index (Phi) is 4.56. The number of benzene rings is 3. The number of rotatable bonds is 4. The number of hydrogen-bond acceptors (Lipinski definition) is 3. The number of allylic oxidation sites excluding steroid dienone is 1. The van der Waals surface area contributed by atoms with Gasteiger partial charge in [0.1, 0.15) is 30.1 Å². The Bertz CT molecular complexity index is 974. The van der Waals surface area contributed by atoms with Crippen LogP contribution in [0.2, 0.25) is 0 Å². The highest BCUT2D eigenvalue weighted by Crippen LogP contribution is 2.23. The zero-order chi connectivity index (χ0) is 16.8. The minimum absolute atomic E-state index is 0.0526. The molecular formula is C21H14N2O. The number of ether oxygens (including phenoxy) is 1. The normalized spacial score (nSPS) is 9.75. The van der Waals surface area contributed by atoms with E-state index in [2.05, 4.69) is 24.3 Å². The first-order chi connectivity index (χ1) is 11.8. The second kappa shape index (κ2) is 7.13. The van der Waals surface area contributed by atoms with Crippen LogP contribution in [-0.2, 0) is 6.61 Å². The van der Waals surface area contributed by atoms with Crippen LogP contribution in [0.1, 0.15) is 11.1 Å². The van der Waals surface area contributed by atoms with Crippen molar-refractivity contribution in [1.82, 2.24) is 0 Å². The molecule has 0 atom stereocenters. The third-order valence-corrected chi connectivity index (χ3v) is 3.67. The van der Waals surface area contributed by atoms with E-state index in [0.717, 1.165) is 11.1 Å². The van der Waals surface area contributed by atoms with Gasteiger partial charge >= 0.3 is 0 Å². The Labute approximate surface area is 140 Å². The van der Waals surface area contributed by atoms with Crippen LogP contribution >= 0.6 is 0 Å². The number of para-hydroxylation sites is 1. The minimum Gasteiger partial charge on any atom is -0.488 e. The average Bonchev–Trinajstić information content (AvgIpc) is 2.65. The van der Waals surface area contributed by atoms with Crippen LogP contribution in [0.5, 0.6) is 5.75 Å². The second-order valence-electron chi connectivity index (χ2n) is 5.29. The van der Waals surface area contributed by atoms with Crippen molar-refractivity contribution >= 4 is 16.8 Å². The molecule has 0 aliphatic heterocycles. The molecule has 3 aromatic carbocycles. The summed E-state index contributed by atoms with van der Waals surface area (Å²) in [5, 5.41) is 20.2. The monoisotopic (exact) mass is 310 g/mol. The highest BCUT2D eigenvalue weighted by molar-refractivity contribution is 5.83. The van der Waals surface area contributed by atoms with Gasteiger partial charge in [0, 0.05) is 5.56 Å². The summed E-state index contributed by atoms with van der Waals surface area (Å²) < 4.78 is 5.90. The van der Waals surface area contributed by atoms with Crippen molar-refractivity contribution in [2.75, 3.05) is 0 Å². The fourth-order valence-electron chi connectivity index (χ4n) is 2.47. The highest BCUT2D eigenvalue weighted by Gasteiger charge is 2.04. The van der Waals surface area contributed by atoms with Gasteiger partial charge in [0.25, 0.3) is 0 Å². The zero-order valence-corrected chi connectivity index (χ0v) is 12.9. The molecule has 0 heterocycles. The average molecular weight is 310 g/mol. The Morgan fingerprint density at radius 1 is 0.875 bits per heavy atom. The molecule has 3 heteroatoms. The molecule has 3 rings (SSSR count). The molecule has 3 nitrogen and oxygen atoms in total.